The van der Waals surface area contributed by atoms with E-state index in [1.165, 1.54) is 44.5 Å². The number of nitrogens with zero attached hydrogens (tertiary/aromatic N) is 2. The van der Waals surface area contributed by atoms with Gasteiger partial charge in [-0.25, -0.2) is 0 Å². The van der Waals surface area contributed by atoms with Crippen molar-refractivity contribution in [1.82, 2.24) is 4.90 Å². The van der Waals surface area contributed by atoms with Gasteiger partial charge < -0.3 is 10.0 Å². The first-order valence-corrected chi connectivity index (χ1v) is 22.6. The maximum absolute atomic E-state index is 13.6. The zero-order chi connectivity index (χ0) is 44.1. The van der Waals surface area contributed by atoms with Crippen molar-refractivity contribution < 1.29 is 14.7 Å². The summed E-state index contributed by atoms with van der Waals surface area (Å²) in [4.78, 5) is 30.8. The summed E-state index contributed by atoms with van der Waals surface area (Å²) in [6.07, 6.45) is 0. The Balaban J connectivity index is 0.958. The minimum atomic E-state index is -0.363. The van der Waals surface area contributed by atoms with Crippen LogP contribution in [0.2, 0.25) is 0 Å². The monoisotopic (exact) mass is 840 g/mol. The van der Waals surface area contributed by atoms with Crippen LogP contribution >= 0.6 is 0 Å². The van der Waals surface area contributed by atoms with Crippen molar-refractivity contribution in [3.63, 3.8) is 0 Å². The van der Waals surface area contributed by atoms with Crippen LogP contribution in [0.1, 0.15) is 70.7 Å². The fourth-order valence-corrected chi connectivity index (χ4v) is 12.0. The van der Waals surface area contributed by atoms with E-state index in [1.54, 1.807) is 0 Å². The fraction of sp³-hybridized carbons (Fsp3) is 0.133. The van der Waals surface area contributed by atoms with Crippen LogP contribution < -0.4 is 4.90 Å². The highest BCUT2D eigenvalue weighted by Gasteiger charge is 2.38. The van der Waals surface area contributed by atoms with E-state index in [2.05, 4.69) is 172 Å². The number of anilines is 3. The molecule has 0 saturated carbocycles. The molecule has 13 rings (SSSR count). The zero-order valence-electron chi connectivity index (χ0n) is 36.7. The Hall–Kier alpha value is -7.60. The molecule has 0 bridgehead atoms. The van der Waals surface area contributed by atoms with Gasteiger partial charge in [-0.1, -0.05) is 143 Å². The maximum Gasteiger partial charge on any atom is 0.261 e. The Kier molecular flexibility index (Phi) is 7.71. The standard InChI is InChI=1S/C60H44N2O3/c1-59(2)50-14-7-5-10-39(50)41-22-20-36(32-52(41)59)62(37-21-23-42-40-11-6-8-15-51(40)60(3,4)53(42)33-37)35-18-16-34(17-19-35)38-24-25-45-47-27-29-49-56-48(57(64)61(30-31-63)58(49)65)28-26-46(55(47)56)44-13-9-12-43(38)54(44)45/h5-29,32-33,63H,30-31H2,1-4H3. The Morgan fingerprint density at radius 2 is 0.862 bits per heavy atom. The summed E-state index contributed by atoms with van der Waals surface area (Å²) in [5, 5.41) is 17.8. The van der Waals surface area contributed by atoms with Gasteiger partial charge in [0.1, 0.15) is 0 Å². The predicted molar refractivity (Wildman–Crippen MR) is 265 cm³/mol. The van der Waals surface area contributed by atoms with Gasteiger partial charge in [-0.15, -0.1) is 0 Å². The van der Waals surface area contributed by atoms with Crippen LogP contribution in [-0.4, -0.2) is 35.0 Å². The number of hydrogen-bond donors (Lipinski definition) is 1. The third-order valence-corrected chi connectivity index (χ3v) is 15.1. The molecule has 3 aliphatic rings. The second-order valence-corrected chi connectivity index (χ2v) is 19.1. The van der Waals surface area contributed by atoms with Crippen LogP contribution in [-0.2, 0) is 10.8 Å². The van der Waals surface area contributed by atoms with Gasteiger partial charge >= 0.3 is 0 Å². The second-order valence-electron chi connectivity index (χ2n) is 19.1. The number of carbonyl (C=O) groups is 2. The van der Waals surface area contributed by atoms with E-state index in [4.69, 9.17) is 0 Å². The first-order valence-electron chi connectivity index (χ1n) is 22.6. The number of benzene rings is 10. The minimum absolute atomic E-state index is 0.0325. The zero-order valence-corrected chi connectivity index (χ0v) is 36.7. The van der Waals surface area contributed by atoms with E-state index >= 15 is 0 Å². The van der Waals surface area contributed by atoms with Crippen LogP contribution in [0, 0.1) is 0 Å². The lowest BCUT2D eigenvalue weighted by molar-refractivity contribution is 0.0580. The number of aliphatic hydroxyl groups is 1. The Bertz CT molecular complexity index is 3550. The molecule has 65 heavy (non-hydrogen) atoms. The SMILES string of the molecule is CC1(C)c2ccccc2-c2ccc(N(c3ccc(-c4ccc5c6ccc7c8c(ccc(c9cccc4c95)c86)C(=O)N(CCO)C7=O)cc3)c3ccc4c(c3)C(C)(C)c3ccccc3-4)cc21. The smallest absolute Gasteiger partial charge is 0.261 e. The van der Waals surface area contributed by atoms with E-state index in [0.717, 1.165) is 70.8 Å². The topological polar surface area (TPSA) is 60.9 Å². The van der Waals surface area contributed by atoms with E-state index in [9.17, 15) is 14.7 Å². The van der Waals surface area contributed by atoms with E-state index in [1.807, 2.05) is 24.3 Å². The average Bonchev–Trinajstić information content (AvgIpc) is 3.70. The van der Waals surface area contributed by atoms with Gasteiger partial charge in [0.2, 0.25) is 0 Å². The van der Waals surface area contributed by atoms with Crippen molar-refractivity contribution in [2.24, 2.45) is 0 Å². The van der Waals surface area contributed by atoms with Crippen LogP contribution in [0.4, 0.5) is 17.1 Å². The highest BCUT2D eigenvalue weighted by atomic mass is 16.3. The maximum atomic E-state index is 13.6. The third kappa shape index (κ3) is 5.02. The molecule has 5 nitrogen and oxygen atoms in total. The molecule has 0 fully saturated rings. The molecule has 10 aromatic carbocycles. The molecule has 2 aliphatic carbocycles. The fourth-order valence-electron chi connectivity index (χ4n) is 12.0. The lowest BCUT2D eigenvalue weighted by Crippen LogP contribution is -2.41. The van der Waals surface area contributed by atoms with Gasteiger partial charge in [-0.05, 0) is 142 Å². The predicted octanol–water partition coefficient (Wildman–Crippen LogP) is 14.1. The van der Waals surface area contributed by atoms with Crippen molar-refractivity contribution in [2.45, 2.75) is 38.5 Å². The molecule has 0 radical (unpaired) electrons. The quantitative estimate of drug-likeness (QED) is 0.103. The summed E-state index contributed by atoms with van der Waals surface area (Å²) in [7, 11) is 0. The van der Waals surface area contributed by atoms with Gasteiger partial charge in [0.05, 0.1) is 13.2 Å². The van der Waals surface area contributed by atoms with E-state index in [-0.39, 0.29) is 35.8 Å². The lowest BCUT2D eigenvalue weighted by Gasteiger charge is -2.30. The van der Waals surface area contributed by atoms with Crippen LogP contribution in [0.15, 0.2) is 164 Å². The summed E-state index contributed by atoms with van der Waals surface area (Å²) < 4.78 is 0. The largest absolute Gasteiger partial charge is 0.395 e. The molecule has 0 saturated heterocycles. The van der Waals surface area contributed by atoms with Crippen molar-refractivity contribution in [2.75, 3.05) is 18.1 Å². The van der Waals surface area contributed by atoms with Crippen molar-refractivity contribution >= 4 is 72.0 Å². The molecule has 0 aromatic heterocycles. The molecule has 0 spiro atoms. The summed E-state index contributed by atoms with van der Waals surface area (Å²) in [5.74, 6) is -0.726. The molecule has 0 atom stereocenters. The Labute approximate surface area is 377 Å². The molecule has 1 N–H and O–H groups in total. The van der Waals surface area contributed by atoms with Gasteiger partial charge in [0, 0.05) is 44.4 Å². The molecule has 5 heteroatoms. The number of amides is 2. The molecular weight excluding hydrogens is 797 g/mol. The minimum Gasteiger partial charge on any atom is -0.395 e. The van der Waals surface area contributed by atoms with E-state index < -0.39 is 0 Å². The normalized spacial score (nSPS) is 15.2. The van der Waals surface area contributed by atoms with Gasteiger partial charge in [-0.3, -0.25) is 14.5 Å². The average molecular weight is 841 g/mol. The van der Waals surface area contributed by atoms with Crippen molar-refractivity contribution in [3.05, 3.63) is 197 Å². The van der Waals surface area contributed by atoms with Gasteiger partial charge in [0.25, 0.3) is 11.8 Å². The molecular formula is C60H44N2O3. The Morgan fingerprint density at radius 1 is 0.415 bits per heavy atom. The number of aliphatic hydroxyl groups excluding tert-OH is 1. The summed E-state index contributed by atoms with van der Waals surface area (Å²) >= 11 is 0. The highest BCUT2D eigenvalue weighted by molar-refractivity contribution is 6.39. The summed E-state index contributed by atoms with van der Waals surface area (Å²) in [6, 6.07) is 59.4. The number of rotatable bonds is 6. The number of β-amino-alcohol motifs (C(OH)–C–C–N with tert-alkyl or cyclic N) is 1. The van der Waals surface area contributed by atoms with Gasteiger partial charge in [0.15, 0.2) is 0 Å². The van der Waals surface area contributed by atoms with Gasteiger partial charge in [-0.2, -0.15) is 0 Å². The van der Waals surface area contributed by atoms with Crippen LogP contribution in [0.25, 0.3) is 76.5 Å². The molecule has 312 valence electrons. The Morgan fingerprint density at radius 3 is 1.42 bits per heavy atom. The lowest BCUT2D eigenvalue weighted by atomic mass is 9.82. The third-order valence-electron chi connectivity index (χ3n) is 15.1. The summed E-state index contributed by atoms with van der Waals surface area (Å²) in [6.45, 7) is 9.06. The van der Waals surface area contributed by atoms with E-state index in [0.29, 0.717) is 16.5 Å². The molecule has 2 amide bonds. The van der Waals surface area contributed by atoms with Crippen molar-refractivity contribution in [3.8, 4) is 33.4 Å². The number of imide groups is 1. The first kappa shape index (κ1) is 37.9. The highest BCUT2D eigenvalue weighted by Crippen LogP contribution is 2.54. The number of fused-ring (bicyclic) bond motifs is 8. The molecule has 10 aromatic rings. The first-order chi connectivity index (χ1) is 31.6. The molecule has 1 aliphatic heterocycles. The second kappa shape index (κ2) is 13.2. The van der Waals surface area contributed by atoms with Crippen molar-refractivity contribution in [1.29, 1.82) is 0 Å². The van der Waals surface area contributed by atoms with Crippen LogP contribution in [0.3, 0.4) is 0 Å². The van der Waals surface area contributed by atoms with Crippen LogP contribution in [0.5, 0.6) is 0 Å². The number of carbonyl (C=O) groups excluding carboxylic acids is 2. The molecule has 1 heterocycles. The molecule has 0 unspecified atom stereocenters. The summed E-state index contributed by atoms with van der Waals surface area (Å²) in [5.41, 5.74) is 16.9. The number of hydrogen-bond acceptors (Lipinski definition) is 4.